The number of hydrogen-bond acceptors (Lipinski definition) is 6. The average Bonchev–Trinajstić information content (AvgIpc) is 2.35. The van der Waals surface area contributed by atoms with Crippen LogP contribution in [0.15, 0.2) is 31.9 Å². The van der Waals surface area contributed by atoms with Gasteiger partial charge in [-0.15, -0.1) is 0 Å². The second kappa shape index (κ2) is 5.29. The van der Waals surface area contributed by atoms with E-state index in [0.29, 0.717) is 5.69 Å². The summed E-state index contributed by atoms with van der Waals surface area (Å²) in [4.78, 5) is 41.2. The zero-order valence-electron chi connectivity index (χ0n) is 10.6. The highest BCUT2D eigenvalue weighted by Gasteiger charge is 2.15. The molecule has 0 aromatic carbocycles. The standard InChI is InChI=1S/C11H10N4O4S/c1-5-3-4-6(10(18)19)9(12-5)20-11-13-7(16)8(17)14-15(11)2/h3-4H,1-2H3,(H,14,17)(H,18,19). The fourth-order valence-corrected chi connectivity index (χ4v) is 2.35. The number of carboxylic acids is 1. The Hall–Kier alpha value is -2.42. The van der Waals surface area contributed by atoms with E-state index in [1.165, 1.54) is 17.8 Å². The lowest BCUT2D eigenvalue weighted by atomic mass is 10.2. The number of H-pyrrole nitrogens is 1. The molecule has 2 aromatic rings. The lowest BCUT2D eigenvalue weighted by Gasteiger charge is -2.08. The molecule has 0 saturated heterocycles. The number of nitrogens with one attached hydrogen (secondary N) is 1. The van der Waals surface area contributed by atoms with Crippen molar-refractivity contribution in [2.24, 2.45) is 7.05 Å². The molecule has 9 heteroatoms. The van der Waals surface area contributed by atoms with Crippen LogP contribution in [-0.4, -0.2) is 30.8 Å². The lowest BCUT2D eigenvalue weighted by Crippen LogP contribution is -2.33. The van der Waals surface area contributed by atoms with Crippen molar-refractivity contribution in [3.8, 4) is 0 Å². The maximum atomic E-state index is 11.2. The molecule has 0 amide bonds. The van der Waals surface area contributed by atoms with Gasteiger partial charge in [0.05, 0.1) is 5.56 Å². The SMILES string of the molecule is Cc1ccc(C(=O)O)c(Sc2nc(=O)c(=O)[nH]n2C)n1. The van der Waals surface area contributed by atoms with Crippen LogP contribution in [0.2, 0.25) is 0 Å². The normalized spacial score (nSPS) is 10.5. The molecule has 0 spiro atoms. The van der Waals surface area contributed by atoms with E-state index in [1.54, 1.807) is 13.0 Å². The molecule has 2 rings (SSSR count). The van der Waals surface area contributed by atoms with E-state index >= 15 is 0 Å². The number of aromatic nitrogens is 4. The first-order chi connectivity index (χ1) is 9.38. The van der Waals surface area contributed by atoms with Gasteiger partial charge in [-0.05, 0) is 30.8 Å². The number of aromatic carboxylic acids is 1. The van der Waals surface area contributed by atoms with Gasteiger partial charge in [-0.1, -0.05) is 0 Å². The summed E-state index contributed by atoms with van der Waals surface area (Å²) < 4.78 is 1.24. The summed E-state index contributed by atoms with van der Waals surface area (Å²) in [5, 5.41) is 11.7. The summed E-state index contributed by atoms with van der Waals surface area (Å²) in [6.07, 6.45) is 0. The molecule has 2 N–H and O–H groups in total. The predicted octanol–water partition coefficient (Wildman–Crippen LogP) is 0.0214. The van der Waals surface area contributed by atoms with Gasteiger partial charge in [0.25, 0.3) is 0 Å². The topological polar surface area (TPSA) is 118 Å². The van der Waals surface area contributed by atoms with Gasteiger partial charge in [0, 0.05) is 12.7 Å². The van der Waals surface area contributed by atoms with E-state index in [9.17, 15) is 14.4 Å². The molecule has 0 aliphatic heterocycles. The third-order valence-electron chi connectivity index (χ3n) is 2.37. The summed E-state index contributed by atoms with van der Waals surface area (Å²) in [6, 6.07) is 3.00. The van der Waals surface area contributed by atoms with Crippen LogP contribution >= 0.6 is 11.8 Å². The van der Waals surface area contributed by atoms with Crippen molar-refractivity contribution >= 4 is 17.7 Å². The first kappa shape index (κ1) is 14.0. The van der Waals surface area contributed by atoms with Crippen molar-refractivity contribution < 1.29 is 9.90 Å². The smallest absolute Gasteiger partial charge is 0.339 e. The van der Waals surface area contributed by atoms with Gasteiger partial charge in [0.15, 0.2) is 5.16 Å². The molecule has 104 valence electrons. The first-order valence-corrected chi connectivity index (χ1v) is 6.26. The highest BCUT2D eigenvalue weighted by Crippen LogP contribution is 2.26. The monoisotopic (exact) mass is 294 g/mol. The Bertz CT molecular complexity index is 796. The summed E-state index contributed by atoms with van der Waals surface area (Å²) in [5.41, 5.74) is -1.14. The van der Waals surface area contributed by atoms with Crippen LogP contribution in [0.25, 0.3) is 0 Å². The molecular formula is C11H10N4O4S. The molecular weight excluding hydrogens is 284 g/mol. The molecule has 0 atom stereocenters. The molecule has 0 aliphatic rings. The molecule has 0 unspecified atom stereocenters. The lowest BCUT2D eigenvalue weighted by molar-refractivity contribution is 0.0692. The summed E-state index contributed by atoms with van der Waals surface area (Å²) in [6.45, 7) is 1.72. The molecule has 0 aliphatic carbocycles. The Balaban J connectivity index is 2.52. The minimum atomic E-state index is -1.13. The zero-order chi connectivity index (χ0) is 14.9. The molecule has 0 radical (unpaired) electrons. The molecule has 20 heavy (non-hydrogen) atoms. The highest BCUT2D eigenvalue weighted by molar-refractivity contribution is 7.99. The van der Waals surface area contributed by atoms with Gasteiger partial charge in [-0.25, -0.2) is 9.78 Å². The van der Waals surface area contributed by atoms with Gasteiger partial charge in [0.2, 0.25) is 0 Å². The van der Waals surface area contributed by atoms with Crippen molar-refractivity contribution in [2.45, 2.75) is 17.1 Å². The van der Waals surface area contributed by atoms with E-state index in [-0.39, 0.29) is 15.7 Å². The summed E-state index contributed by atoms with van der Waals surface area (Å²) in [5.74, 6) is -1.13. The van der Waals surface area contributed by atoms with Gasteiger partial charge >= 0.3 is 17.1 Å². The number of hydrogen-bond donors (Lipinski definition) is 2. The van der Waals surface area contributed by atoms with E-state index in [0.717, 1.165) is 11.8 Å². The van der Waals surface area contributed by atoms with Gasteiger partial charge < -0.3 is 5.11 Å². The molecule has 8 nitrogen and oxygen atoms in total. The Morgan fingerprint density at radius 2 is 2.05 bits per heavy atom. The van der Waals surface area contributed by atoms with Gasteiger partial charge in [0.1, 0.15) is 5.03 Å². The van der Waals surface area contributed by atoms with Crippen molar-refractivity contribution in [3.05, 3.63) is 44.1 Å². The highest BCUT2D eigenvalue weighted by atomic mass is 32.2. The number of carboxylic acid groups (broad SMARTS) is 1. The van der Waals surface area contributed by atoms with Gasteiger partial charge in [-0.3, -0.25) is 19.4 Å². The van der Waals surface area contributed by atoms with Crippen LogP contribution in [-0.2, 0) is 7.05 Å². The van der Waals surface area contributed by atoms with E-state index < -0.39 is 17.1 Å². The molecule has 0 fully saturated rings. The van der Waals surface area contributed by atoms with Crippen molar-refractivity contribution in [1.29, 1.82) is 0 Å². The summed E-state index contributed by atoms with van der Waals surface area (Å²) >= 11 is 0.896. The Morgan fingerprint density at radius 1 is 1.35 bits per heavy atom. The van der Waals surface area contributed by atoms with Crippen molar-refractivity contribution in [3.63, 3.8) is 0 Å². The van der Waals surface area contributed by atoms with E-state index in [1.807, 2.05) is 0 Å². The zero-order valence-corrected chi connectivity index (χ0v) is 11.4. The van der Waals surface area contributed by atoms with Crippen molar-refractivity contribution in [2.75, 3.05) is 0 Å². The number of aryl methyl sites for hydroxylation is 2. The van der Waals surface area contributed by atoms with Crippen LogP contribution in [0, 0.1) is 6.92 Å². The van der Waals surface area contributed by atoms with Crippen LogP contribution in [0.3, 0.4) is 0 Å². The molecule has 0 saturated carbocycles. The fourth-order valence-electron chi connectivity index (χ4n) is 1.41. The van der Waals surface area contributed by atoms with Gasteiger partial charge in [-0.2, -0.15) is 4.98 Å². The number of carbonyl (C=O) groups is 1. The van der Waals surface area contributed by atoms with E-state index in [4.69, 9.17) is 5.11 Å². The quantitative estimate of drug-likeness (QED) is 0.766. The fraction of sp³-hybridized carbons (Fsp3) is 0.182. The largest absolute Gasteiger partial charge is 0.478 e. The number of nitrogens with zero attached hydrogens (tertiary/aromatic N) is 3. The first-order valence-electron chi connectivity index (χ1n) is 5.44. The Labute approximate surface area is 116 Å². The maximum Gasteiger partial charge on any atom is 0.339 e. The van der Waals surface area contributed by atoms with Crippen LogP contribution in [0.1, 0.15) is 16.1 Å². The van der Waals surface area contributed by atoms with Crippen LogP contribution in [0.4, 0.5) is 0 Å². The van der Waals surface area contributed by atoms with Crippen LogP contribution in [0.5, 0.6) is 0 Å². The number of pyridine rings is 1. The summed E-state index contributed by atoms with van der Waals surface area (Å²) in [7, 11) is 1.49. The minimum absolute atomic E-state index is 0.000971. The third kappa shape index (κ3) is 2.77. The minimum Gasteiger partial charge on any atom is -0.478 e. The second-order valence-electron chi connectivity index (χ2n) is 3.91. The average molecular weight is 294 g/mol. The Kier molecular flexibility index (Phi) is 3.70. The Morgan fingerprint density at radius 3 is 2.70 bits per heavy atom. The molecule has 2 heterocycles. The number of aromatic amines is 1. The van der Waals surface area contributed by atoms with E-state index in [2.05, 4.69) is 15.1 Å². The van der Waals surface area contributed by atoms with Crippen LogP contribution < -0.4 is 11.1 Å². The van der Waals surface area contributed by atoms with Crippen molar-refractivity contribution in [1.82, 2.24) is 19.7 Å². The third-order valence-corrected chi connectivity index (χ3v) is 3.42. The second-order valence-corrected chi connectivity index (χ2v) is 4.87. The number of rotatable bonds is 3. The maximum absolute atomic E-state index is 11.2. The molecule has 2 aromatic heterocycles. The predicted molar refractivity (Wildman–Crippen MR) is 70.2 cm³/mol. The molecule has 0 bridgehead atoms.